The van der Waals surface area contributed by atoms with E-state index in [0.717, 1.165) is 38.3 Å². The van der Waals surface area contributed by atoms with Crippen LogP contribution in [-0.2, 0) is 9.59 Å². The van der Waals surface area contributed by atoms with Crippen molar-refractivity contribution in [3.8, 4) is 0 Å². The second-order valence-electron chi connectivity index (χ2n) is 7.18. The van der Waals surface area contributed by atoms with Crippen molar-refractivity contribution < 1.29 is 9.59 Å². The summed E-state index contributed by atoms with van der Waals surface area (Å²) in [7, 11) is 0. The Morgan fingerprint density at radius 2 is 1.95 bits per heavy atom. The lowest BCUT2D eigenvalue weighted by Crippen LogP contribution is -2.47. The van der Waals surface area contributed by atoms with Gasteiger partial charge in [-0.1, -0.05) is 6.92 Å². The summed E-state index contributed by atoms with van der Waals surface area (Å²) in [5, 5.41) is 0. The summed E-state index contributed by atoms with van der Waals surface area (Å²) < 4.78 is 0. The molecule has 1 heterocycles. The summed E-state index contributed by atoms with van der Waals surface area (Å²) in [5.41, 5.74) is 0. The van der Waals surface area contributed by atoms with Gasteiger partial charge >= 0.3 is 0 Å². The molecule has 2 amide bonds. The molecule has 0 N–H and O–H groups in total. The lowest BCUT2D eigenvalue weighted by Gasteiger charge is -2.36. The van der Waals surface area contributed by atoms with Gasteiger partial charge in [-0.05, 0) is 51.4 Å². The lowest BCUT2D eigenvalue weighted by molar-refractivity contribution is -0.138. The molecule has 0 spiro atoms. The molecule has 4 heteroatoms. The predicted molar refractivity (Wildman–Crippen MR) is 83.8 cm³/mol. The van der Waals surface area contributed by atoms with Crippen LogP contribution in [0.2, 0.25) is 0 Å². The van der Waals surface area contributed by atoms with Crippen molar-refractivity contribution in [2.24, 2.45) is 11.8 Å². The highest BCUT2D eigenvalue weighted by molar-refractivity contribution is 5.79. The summed E-state index contributed by atoms with van der Waals surface area (Å²) in [4.78, 5) is 28.3. The Balaban J connectivity index is 1.94. The van der Waals surface area contributed by atoms with Crippen molar-refractivity contribution in [3.63, 3.8) is 0 Å². The van der Waals surface area contributed by atoms with Gasteiger partial charge in [0.2, 0.25) is 11.8 Å². The third-order valence-electron chi connectivity index (χ3n) is 5.09. The van der Waals surface area contributed by atoms with Gasteiger partial charge in [-0.3, -0.25) is 9.59 Å². The maximum atomic E-state index is 12.7. The van der Waals surface area contributed by atoms with E-state index in [4.69, 9.17) is 0 Å². The molecule has 0 unspecified atom stereocenters. The number of rotatable bonds is 5. The van der Waals surface area contributed by atoms with Gasteiger partial charge in [0.25, 0.3) is 0 Å². The molecule has 21 heavy (non-hydrogen) atoms. The summed E-state index contributed by atoms with van der Waals surface area (Å²) in [6, 6.07) is 0.362. The van der Waals surface area contributed by atoms with Crippen molar-refractivity contribution in [2.75, 3.05) is 13.1 Å². The molecule has 0 aromatic carbocycles. The van der Waals surface area contributed by atoms with Crippen molar-refractivity contribution >= 4 is 11.8 Å². The summed E-state index contributed by atoms with van der Waals surface area (Å²) in [5.74, 6) is 1.79. The molecule has 4 nitrogen and oxygen atoms in total. The topological polar surface area (TPSA) is 40.6 Å². The first-order valence-corrected chi connectivity index (χ1v) is 8.46. The SMILES string of the molecule is CC(=O)N1CCCC[C@@H]1CC(=O)N(C[C@@H]1C[C@@H]1C)C(C)C. The van der Waals surface area contributed by atoms with Gasteiger partial charge in [-0.25, -0.2) is 0 Å². The number of likely N-dealkylation sites (tertiary alicyclic amines) is 1. The van der Waals surface area contributed by atoms with Crippen LogP contribution in [0.15, 0.2) is 0 Å². The summed E-state index contributed by atoms with van der Waals surface area (Å²) >= 11 is 0. The second-order valence-corrected chi connectivity index (χ2v) is 7.18. The average molecular weight is 294 g/mol. The molecule has 120 valence electrons. The minimum absolute atomic E-state index is 0.111. The zero-order chi connectivity index (χ0) is 15.6. The standard InChI is InChI=1S/C17H30N2O2/c1-12(2)19(11-15-9-13(15)3)17(21)10-16-7-5-6-8-18(16)14(4)20/h12-13,15-16H,5-11H2,1-4H3/t13-,15-,16+/m0/s1. The molecule has 1 aliphatic heterocycles. The average Bonchev–Trinajstić information content (AvgIpc) is 3.11. The normalized spacial score (nSPS) is 28.6. The molecule has 2 rings (SSSR count). The monoisotopic (exact) mass is 294 g/mol. The Hall–Kier alpha value is -1.06. The highest BCUT2D eigenvalue weighted by Gasteiger charge is 2.36. The molecule has 0 bridgehead atoms. The fourth-order valence-electron chi connectivity index (χ4n) is 3.45. The van der Waals surface area contributed by atoms with Gasteiger partial charge in [0, 0.05) is 38.5 Å². The fourth-order valence-corrected chi connectivity index (χ4v) is 3.45. The Morgan fingerprint density at radius 1 is 1.29 bits per heavy atom. The molecule has 2 aliphatic rings. The van der Waals surface area contributed by atoms with Crippen LogP contribution >= 0.6 is 0 Å². The zero-order valence-electron chi connectivity index (χ0n) is 14.0. The highest BCUT2D eigenvalue weighted by Crippen LogP contribution is 2.38. The molecule has 2 fully saturated rings. The number of carbonyl (C=O) groups excluding carboxylic acids is 2. The first kappa shape index (κ1) is 16.3. The minimum atomic E-state index is 0.111. The van der Waals surface area contributed by atoms with Crippen LogP contribution in [0.3, 0.4) is 0 Å². The Bertz CT molecular complexity index is 394. The first-order valence-electron chi connectivity index (χ1n) is 8.46. The smallest absolute Gasteiger partial charge is 0.224 e. The van der Waals surface area contributed by atoms with E-state index in [2.05, 4.69) is 20.8 Å². The van der Waals surface area contributed by atoms with E-state index in [1.54, 1.807) is 6.92 Å². The van der Waals surface area contributed by atoms with Crippen LogP contribution in [-0.4, -0.2) is 46.8 Å². The maximum absolute atomic E-state index is 12.7. The zero-order valence-corrected chi connectivity index (χ0v) is 14.0. The Kier molecular flexibility index (Phi) is 5.28. The Morgan fingerprint density at radius 3 is 2.48 bits per heavy atom. The van der Waals surface area contributed by atoms with Crippen LogP contribution in [0.1, 0.15) is 59.8 Å². The summed E-state index contributed by atoms with van der Waals surface area (Å²) in [6.07, 6.45) is 4.91. The van der Waals surface area contributed by atoms with Gasteiger partial charge < -0.3 is 9.80 Å². The second kappa shape index (κ2) is 6.80. The van der Waals surface area contributed by atoms with Crippen molar-refractivity contribution in [2.45, 2.75) is 71.9 Å². The number of hydrogen-bond donors (Lipinski definition) is 0. The van der Waals surface area contributed by atoms with E-state index >= 15 is 0 Å². The number of carbonyl (C=O) groups is 2. The lowest BCUT2D eigenvalue weighted by atomic mass is 9.98. The van der Waals surface area contributed by atoms with E-state index in [0.29, 0.717) is 12.3 Å². The number of amides is 2. The molecular weight excluding hydrogens is 264 g/mol. The van der Waals surface area contributed by atoms with E-state index in [1.807, 2.05) is 9.80 Å². The Labute approximate surface area is 128 Å². The molecule has 1 aliphatic carbocycles. The molecule has 0 radical (unpaired) electrons. The van der Waals surface area contributed by atoms with Gasteiger partial charge in [-0.15, -0.1) is 0 Å². The van der Waals surface area contributed by atoms with Crippen LogP contribution < -0.4 is 0 Å². The van der Waals surface area contributed by atoms with Crippen molar-refractivity contribution in [1.82, 2.24) is 9.80 Å². The fraction of sp³-hybridized carbons (Fsp3) is 0.882. The molecule has 1 saturated heterocycles. The molecular formula is C17H30N2O2. The van der Waals surface area contributed by atoms with E-state index in [-0.39, 0.29) is 23.9 Å². The number of hydrogen-bond acceptors (Lipinski definition) is 2. The first-order chi connectivity index (χ1) is 9.90. The van der Waals surface area contributed by atoms with E-state index in [1.165, 1.54) is 6.42 Å². The third-order valence-corrected chi connectivity index (χ3v) is 5.09. The minimum Gasteiger partial charge on any atom is -0.340 e. The highest BCUT2D eigenvalue weighted by atomic mass is 16.2. The molecule has 3 atom stereocenters. The van der Waals surface area contributed by atoms with E-state index < -0.39 is 0 Å². The van der Waals surface area contributed by atoms with Crippen LogP contribution in [0, 0.1) is 11.8 Å². The van der Waals surface area contributed by atoms with Crippen LogP contribution in [0.25, 0.3) is 0 Å². The number of nitrogens with zero attached hydrogens (tertiary/aromatic N) is 2. The van der Waals surface area contributed by atoms with Crippen LogP contribution in [0.5, 0.6) is 0 Å². The quantitative estimate of drug-likeness (QED) is 0.782. The van der Waals surface area contributed by atoms with E-state index in [9.17, 15) is 9.59 Å². The molecule has 1 saturated carbocycles. The van der Waals surface area contributed by atoms with Crippen LogP contribution in [0.4, 0.5) is 0 Å². The van der Waals surface area contributed by atoms with Gasteiger partial charge in [0.1, 0.15) is 0 Å². The van der Waals surface area contributed by atoms with Gasteiger partial charge in [0.05, 0.1) is 0 Å². The summed E-state index contributed by atoms with van der Waals surface area (Å²) in [6.45, 7) is 9.77. The molecule has 0 aromatic rings. The number of piperidine rings is 1. The third kappa shape index (κ3) is 4.21. The molecule has 0 aromatic heterocycles. The van der Waals surface area contributed by atoms with Gasteiger partial charge in [-0.2, -0.15) is 0 Å². The van der Waals surface area contributed by atoms with Crippen molar-refractivity contribution in [1.29, 1.82) is 0 Å². The maximum Gasteiger partial charge on any atom is 0.224 e. The van der Waals surface area contributed by atoms with Crippen molar-refractivity contribution in [3.05, 3.63) is 0 Å². The van der Waals surface area contributed by atoms with Gasteiger partial charge in [0.15, 0.2) is 0 Å². The largest absolute Gasteiger partial charge is 0.340 e. The predicted octanol–water partition coefficient (Wildman–Crippen LogP) is 2.67.